The van der Waals surface area contributed by atoms with Gasteiger partial charge >= 0.3 is 0 Å². The minimum Gasteiger partial charge on any atom is -0.597 e. The molecule has 0 spiro atoms. The van der Waals surface area contributed by atoms with Gasteiger partial charge in [0.2, 0.25) is 23.6 Å². The Bertz CT molecular complexity index is 590. The summed E-state index contributed by atoms with van der Waals surface area (Å²) in [5.74, 6) is 0. The maximum atomic E-state index is 11.4. The van der Waals surface area contributed by atoms with Crippen LogP contribution in [0.4, 0.5) is 0 Å². The molecule has 0 aliphatic heterocycles. The zero-order valence-corrected chi connectivity index (χ0v) is 12.3. The number of hydrogen-bond acceptors (Lipinski definition) is 6. The Morgan fingerprint density at radius 3 is 1.48 bits per heavy atom. The largest absolute Gasteiger partial charge is 0.597 e. The van der Waals surface area contributed by atoms with Crippen molar-refractivity contribution in [3.63, 3.8) is 0 Å². The summed E-state index contributed by atoms with van der Waals surface area (Å²) in [6.45, 7) is -0.319. The van der Waals surface area contributed by atoms with Crippen molar-refractivity contribution >= 4 is 0 Å². The Morgan fingerprint density at radius 2 is 1.09 bits per heavy atom. The SMILES string of the molecule is [O-]/[N+](Cc1ccccc1)=N\OCO/N=[N+](\[O-])Cc1ccccc1. The predicted octanol–water partition coefficient (Wildman–Crippen LogP) is 3.13. The third-order valence-corrected chi connectivity index (χ3v) is 2.72. The summed E-state index contributed by atoms with van der Waals surface area (Å²) < 4.78 is 0. The summed E-state index contributed by atoms with van der Waals surface area (Å²) in [7, 11) is 0. The van der Waals surface area contributed by atoms with E-state index in [1.165, 1.54) is 0 Å². The van der Waals surface area contributed by atoms with E-state index in [1.54, 1.807) is 24.3 Å². The second-order valence-corrected chi connectivity index (χ2v) is 4.53. The molecule has 0 N–H and O–H groups in total. The molecule has 0 heterocycles. The average molecular weight is 316 g/mol. The molecule has 0 aliphatic rings. The number of nitrogens with zero attached hydrogens (tertiary/aromatic N) is 4. The fourth-order valence-corrected chi connectivity index (χ4v) is 1.74. The average Bonchev–Trinajstić information content (AvgIpc) is 2.56. The fraction of sp³-hybridized carbons (Fsp3) is 0.200. The summed E-state index contributed by atoms with van der Waals surface area (Å²) in [6.07, 6.45) is 0. The summed E-state index contributed by atoms with van der Waals surface area (Å²) in [5.41, 5.74) is 1.60. The van der Waals surface area contributed by atoms with Crippen LogP contribution in [0, 0.1) is 10.4 Å². The van der Waals surface area contributed by atoms with Crippen LogP contribution in [0.15, 0.2) is 71.2 Å². The molecule has 0 atom stereocenters. The normalized spacial score (nSPS) is 12.0. The minimum absolute atomic E-state index is 0.0552. The molecule has 0 saturated heterocycles. The second-order valence-electron chi connectivity index (χ2n) is 4.53. The van der Waals surface area contributed by atoms with E-state index >= 15 is 0 Å². The number of rotatable bonds is 8. The highest BCUT2D eigenvalue weighted by atomic mass is 16.8. The molecule has 0 aliphatic carbocycles. The van der Waals surface area contributed by atoms with Crippen LogP contribution in [-0.4, -0.2) is 16.5 Å². The maximum Gasteiger partial charge on any atom is 0.292 e. The van der Waals surface area contributed by atoms with Crippen LogP contribution in [0.1, 0.15) is 11.1 Å². The van der Waals surface area contributed by atoms with E-state index in [4.69, 9.17) is 0 Å². The van der Waals surface area contributed by atoms with E-state index in [9.17, 15) is 10.4 Å². The van der Waals surface area contributed by atoms with Crippen LogP contribution in [0.2, 0.25) is 0 Å². The Labute approximate surface area is 133 Å². The molecule has 2 rings (SSSR count). The topological polar surface area (TPSA) is 95.3 Å². The zero-order chi connectivity index (χ0) is 16.3. The molecule has 0 radical (unpaired) electrons. The van der Waals surface area contributed by atoms with Crippen molar-refractivity contribution in [2.24, 2.45) is 10.6 Å². The lowest BCUT2D eigenvalue weighted by Gasteiger charge is -2.01. The number of hydrogen-bond donors (Lipinski definition) is 0. The van der Waals surface area contributed by atoms with Gasteiger partial charge in [0.05, 0.1) is 0 Å². The predicted molar refractivity (Wildman–Crippen MR) is 79.4 cm³/mol. The van der Waals surface area contributed by atoms with Crippen LogP contribution >= 0.6 is 0 Å². The van der Waals surface area contributed by atoms with Gasteiger partial charge in [-0.2, -0.15) is 0 Å². The summed E-state index contributed by atoms with van der Waals surface area (Å²) in [5, 5.41) is 29.4. The minimum atomic E-state index is -0.430. The van der Waals surface area contributed by atoms with E-state index in [1.807, 2.05) is 36.4 Å². The van der Waals surface area contributed by atoms with Crippen LogP contribution in [0.25, 0.3) is 0 Å². The van der Waals surface area contributed by atoms with E-state index in [-0.39, 0.29) is 13.1 Å². The highest BCUT2D eigenvalue weighted by molar-refractivity contribution is 5.13. The van der Waals surface area contributed by atoms with Gasteiger partial charge in [0, 0.05) is 11.1 Å². The molecule has 120 valence electrons. The quantitative estimate of drug-likeness (QED) is 0.246. The van der Waals surface area contributed by atoms with Gasteiger partial charge in [-0.15, -0.1) is 0 Å². The lowest BCUT2D eigenvalue weighted by atomic mass is 10.2. The van der Waals surface area contributed by atoms with E-state index in [2.05, 4.69) is 20.2 Å². The van der Waals surface area contributed by atoms with Gasteiger partial charge in [0.25, 0.3) is 6.79 Å². The molecule has 23 heavy (non-hydrogen) atoms. The van der Waals surface area contributed by atoms with Crippen molar-refractivity contribution < 1.29 is 19.4 Å². The summed E-state index contributed by atoms with van der Waals surface area (Å²) in [6, 6.07) is 18.2. The van der Waals surface area contributed by atoms with Crippen molar-refractivity contribution in [1.82, 2.24) is 0 Å². The first-order valence-electron chi connectivity index (χ1n) is 6.87. The standard InChI is InChI=1S/C15H16N4O4/c20-18(11-14-7-3-1-4-8-14)16-22-13-23-17-19(21)12-15-9-5-2-6-10-15/h1-10H,11-13H2/b18-16-,19-17-. The lowest BCUT2D eigenvalue weighted by molar-refractivity contribution is -0.587. The number of benzene rings is 2. The van der Waals surface area contributed by atoms with Crippen LogP contribution in [0.5, 0.6) is 0 Å². The molecular formula is C15H16N4O4. The first-order valence-corrected chi connectivity index (χ1v) is 6.87. The second kappa shape index (κ2) is 8.98. The van der Waals surface area contributed by atoms with Crippen molar-refractivity contribution in [1.29, 1.82) is 0 Å². The fourth-order valence-electron chi connectivity index (χ4n) is 1.74. The van der Waals surface area contributed by atoms with E-state index in [0.29, 0.717) is 9.72 Å². The Balaban J connectivity index is 1.68. The molecule has 0 unspecified atom stereocenters. The van der Waals surface area contributed by atoms with Crippen LogP contribution in [-0.2, 0) is 22.8 Å². The van der Waals surface area contributed by atoms with Crippen LogP contribution < -0.4 is 0 Å². The Morgan fingerprint density at radius 1 is 0.696 bits per heavy atom. The highest BCUT2D eigenvalue weighted by Gasteiger charge is 2.01. The molecule has 2 aromatic rings. The third kappa shape index (κ3) is 6.42. The molecule has 0 saturated carbocycles. The molecule has 0 amide bonds. The number of hydroxylamine groups is 2. The van der Waals surface area contributed by atoms with Crippen molar-refractivity contribution in [2.45, 2.75) is 13.1 Å². The van der Waals surface area contributed by atoms with Crippen LogP contribution in [0.3, 0.4) is 0 Å². The monoisotopic (exact) mass is 316 g/mol. The van der Waals surface area contributed by atoms with Crippen molar-refractivity contribution in [2.75, 3.05) is 6.79 Å². The highest BCUT2D eigenvalue weighted by Crippen LogP contribution is 2.01. The van der Waals surface area contributed by atoms with Gasteiger partial charge in [-0.3, -0.25) is 0 Å². The van der Waals surface area contributed by atoms with Crippen molar-refractivity contribution in [3.05, 3.63) is 82.2 Å². The molecule has 2 aromatic carbocycles. The van der Waals surface area contributed by atoms with Gasteiger partial charge in [-0.05, 0) is 0 Å². The van der Waals surface area contributed by atoms with Gasteiger partial charge in [-0.1, -0.05) is 70.4 Å². The third-order valence-electron chi connectivity index (χ3n) is 2.72. The Kier molecular flexibility index (Phi) is 6.33. The molecule has 8 nitrogen and oxygen atoms in total. The first kappa shape index (κ1) is 16.2. The maximum absolute atomic E-state index is 11.4. The van der Waals surface area contributed by atoms with Gasteiger partial charge in [0.15, 0.2) is 0 Å². The lowest BCUT2D eigenvalue weighted by Crippen LogP contribution is -2.04. The molecular weight excluding hydrogens is 300 g/mol. The molecule has 0 fully saturated rings. The van der Waals surface area contributed by atoms with Crippen molar-refractivity contribution in [3.8, 4) is 0 Å². The van der Waals surface area contributed by atoms with Gasteiger partial charge in [-0.25, -0.2) is 0 Å². The van der Waals surface area contributed by atoms with Gasteiger partial charge < -0.3 is 20.1 Å². The molecule has 0 bridgehead atoms. The first-order chi connectivity index (χ1) is 11.2. The smallest absolute Gasteiger partial charge is 0.292 e. The zero-order valence-electron chi connectivity index (χ0n) is 12.3. The summed E-state index contributed by atoms with van der Waals surface area (Å²) >= 11 is 0. The molecule has 0 aromatic heterocycles. The van der Waals surface area contributed by atoms with E-state index in [0.717, 1.165) is 11.1 Å². The Hall–Kier alpha value is -3.16. The summed E-state index contributed by atoms with van der Waals surface area (Å²) in [4.78, 5) is 10.00. The molecule has 8 heteroatoms. The van der Waals surface area contributed by atoms with Gasteiger partial charge in [0.1, 0.15) is 0 Å². The van der Waals surface area contributed by atoms with E-state index < -0.39 is 6.79 Å².